The summed E-state index contributed by atoms with van der Waals surface area (Å²) in [6, 6.07) is 9.75. The predicted molar refractivity (Wildman–Crippen MR) is 104 cm³/mol. The highest BCUT2D eigenvalue weighted by atomic mass is 19.1. The molecule has 1 aliphatic carbocycles. The van der Waals surface area contributed by atoms with Gasteiger partial charge in [-0.1, -0.05) is 30.3 Å². The van der Waals surface area contributed by atoms with Gasteiger partial charge in [-0.2, -0.15) is 15.1 Å². The van der Waals surface area contributed by atoms with Crippen LogP contribution in [0.15, 0.2) is 36.5 Å². The van der Waals surface area contributed by atoms with Crippen molar-refractivity contribution in [3.05, 3.63) is 42.1 Å². The molecule has 1 saturated carbocycles. The van der Waals surface area contributed by atoms with E-state index in [9.17, 15) is 4.39 Å². The summed E-state index contributed by atoms with van der Waals surface area (Å²) in [7, 11) is 1.85. The molecule has 7 nitrogen and oxygen atoms in total. The maximum absolute atomic E-state index is 13.0. The molecule has 4 rings (SSSR count). The number of aryl methyl sites for hydroxylation is 1. The van der Waals surface area contributed by atoms with E-state index in [1.54, 1.807) is 10.9 Å². The molecule has 0 saturated heterocycles. The quantitative estimate of drug-likeness (QED) is 0.593. The van der Waals surface area contributed by atoms with E-state index in [1.165, 1.54) is 0 Å². The van der Waals surface area contributed by atoms with Crippen LogP contribution in [-0.4, -0.2) is 39.0 Å². The molecular formula is C19H24FN7. The predicted octanol–water partition coefficient (Wildman–Crippen LogP) is 2.64. The Morgan fingerprint density at radius 3 is 2.74 bits per heavy atom. The second-order valence-corrected chi connectivity index (χ2v) is 7.11. The van der Waals surface area contributed by atoms with E-state index in [-0.39, 0.29) is 6.04 Å². The highest BCUT2D eigenvalue weighted by molar-refractivity contribution is 5.87. The Hall–Kier alpha value is -2.74. The van der Waals surface area contributed by atoms with E-state index in [0.29, 0.717) is 43.6 Å². The van der Waals surface area contributed by atoms with Crippen molar-refractivity contribution in [1.82, 2.24) is 19.7 Å². The Kier molecular flexibility index (Phi) is 4.89. The standard InChI is InChI=1S/C19H24FN7/c1-27-18-15(10-24-27)17(22-9-12-7-14(20)8-12)25-19(26-18)23-11-16(21)13-5-3-2-4-6-13/h2-6,10,12,14,16H,7-9,11,21H2,1H3,(H2,22,23,25,26). The molecule has 3 aromatic rings. The molecule has 0 spiro atoms. The van der Waals surface area contributed by atoms with E-state index >= 15 is 0 Å². The first-order valence-corrected chi connectivity index (χ1v) is 9.22. The van der Waals surface area contributed by atoms with Crippen molar-refractivity contribution >= 4 is 22.8 Å². The smallest absolute Gasteiger partial charge is 0.226 e. The van der Waals surface area contributed by atoms with Crippen LogP contribution in [0.3, 0.4) is 0 Å². The fourth-order valence-electron chi connectivity index (χ4n) is 3.32. The van der Waals surface area contributed by atoms with Crippen molar-refractivity contribution in [3.63, 3.8) is 0 Å². The lowest BCUT2D eigenvalue weighted by Crippen LogP contribution is -2.30. The number of halogens is 1. The Balaban J connectivity index is 1.49. The highest BCUT2D eigenvalue weighted by Gasteiger charge is 2.28. The zero-order chi connectivity index (χ0) is 18.8. The number of anilines is 2. The van der Waals surface area contributed by atoms with Crippen LogP contribution in [0.4, 0.5) is 16.2 Å². The maximum atomic E-state index is 13.0. The van der Waals surface area contributed by atoms with Gasteiger partial charge in [-0.05, 0) is 24.3 Å². The number of aromatic nitrogens is 4. The molecule has 142 valence electrons. The second-order valence-electron chi connectivity index (χ2n) is 7.11. The first-order chi connectivity index (χ1) is 13.1. The molecule has 8 heteroatoms. The minimum absolute atomic E-state index is 0.162. The maximum Gasteiger partial charge on any atom is 0.226 e. The van der Waals surface area contributed by atoms with Crippen LogP contribution < -0.4 is 16.4 Å². The van der Waals surface area contributed by atoms with Crippen molar-refractivity contribution in [2.24, 2.45) is 18.7 Å². The van der Waals surface area contributed by atoms with Gasteiger partial charge in [-0.25, -0.2) is 4.39 Å². The van der Waals surface area contributed by atoms with Gasteiger partial charge in [-0.15, -0.1) is 0 Å². The lowest BCUT2D eigenvalue weighted by atomic mass is 9.83. The first kappa shape index (κ1) is 17.7. The molecule has 4 N–H and O–H groups in total. The fraction of sp³-hybridized carbons (Fsp3) is 0.421. The van der Waals surface area contributed by atoms with Gasteiger partial charge in [0.25, 0.3) is 0 Å². The molecule has 1 atom stereocenters. The largest absolute Gasteiger partial charge is 0.369 e. The van der Waals surface area contributed by atoms with Gasteiger partial charge < -0.3 is 16.4 Å². The summed E-state index contributed by atoms with van der Waals surface area (Å²) in [5.41, 5.74) is 8.04. The molecule has 1 aromatic carbocycles. The number of nitrogens with two attached hydrogens (primary N) is 1. The molecular weight excluding hydrogens is 345 g/mol. The van der Waals surface area contributed by atoms with Crippen LogP contribution in [0.1, 0.15) is 24.4 Å². The first-order valence-electron chi connectivity index (χ1n) is 9.22. The molecule has 2 aromatic heterocycles. The molecule has 0 bridgehead atoms. The lowest BCUT2D eigenvalue weighted by Gasteiger charge is -2.29. The number of nitrogens with zero attached hydrogens (tertiary/aromatic N) is 4. The number of fused-ring (bicyclic) bond motifs is 1. The summed E-state index contributed by atoms with van der Waals surface area (Å²) in [6.45, 7) is 1.21. The summed E-state index contributed by atoms with van der Waals surface area (Å²) in [5.74, 6) is 1.56. The van der Waals surface area contributed by atoms with Crippen LogP contribution in [0.5, 0.6) is 0 Å². The van der Waals surface area contributed by atoms with Crippen molar-refractivity contribution in [3.8, 4) is 0 Å². The third-order valence-corrected chi connectivity index (χ3v) is 5.04. The number of hydrogen-bond acceptors (Lipinski definition) is 6. The molecule has 2 heterocycles. The SMILES string of the molecule is Cn1ncc2c(NCC3CC(F)C3)nc(NCC(N)c3ccccc3)nc21. The third kappa shape index (κ3) is 3.85. The van der Waals surface area contributed by atoms with Gasteiger partial charge in [0, 0.05) is 26.2 Å². The Bertz CT molecular complexity index is 905. The normalized spacial score (nSPS) is 20.3. The average Bonchev–Trinajstić information content (AvgIpc) is 3.04. The summed E-state index contributed by atoms with van der Waals surface area (Å²) >= 11 is 0. The van der Waals surface area contributed by atoms with E-state index in [0.717, 1.165) is 16.6 Å². The van der Waals surface area contributed by atoms with Gasteiger partial charge >= 0.3 is 0 Å². The summed E-state index contributed by atoms with van der Waals surface area (Å²) in [6.07, 6.45) is 2.32. The minimum Gasteiger partial charge on any atom is -0.369 e. The summed E-state index contributed by atoms with van der Waals surface area (Å²) in [4.78, 5) is 9.15. The number of nitrogens with one attached hydrogen (secondary N) is 2. The number of alkyl halides is 1. The van der Waals surface area contributed by atoms with Crippen LogP contribution in [-0.2, 0) is 7.05 Å². The average molecular weight is 369 g/mol. The van der Waals surface area contributed by atoms with Crippen LogP contribution >= 0.6 is 0 Å². The number of hydrogen-bond donors (Lipinski definition) is 3. The zero-order valence-corrected chi connectivity index (χ0v) is 15.3. The molecule has 1 fully saturated rings. The second kappa shape index (κ2) is 7.48. The van der Waals surface area contributed by atoms with Gasteiger partial charge in [-0.3, -0.25) is 4.68 Å². The number of rotatable bonds is 7. The molecule has 1 aliphatic rings. The number of benzene rings is 1. The van der Waals surface area contributed by atoms with Crippen LogP contribution in [0.2, 0.25) is 0 Å². The summed E-state index contributed by atoms with van der Waals surface area (Å²) < 4.78 is 14.8. The highest BCUT2D eigenvalue weighted by Crippen LogP contribution is 2.31. The van der Waals surface area contributed by atoms with Gasteiger partial charge in [0.2, 0.25) is 5.95 Å². The Morgan fingerprint density at radius 2 is 2.00 bits per heavy atom. The summed E-state index contributed by atoms with van der Waals surface area (Å²) in [5, 5.41) is 11.7. The topological polar surface area (TPSA) is 93.7 Å². The molecule has 0 amide bonds. The van der Waals surface area contributed by atoms with Crippen molar-refractivity contribution in [1.29, 1.82) is 0 Å². The van der Waals surface area contributed by atoms with Gasteiger partial charge in [0.15, 0.2) is 5.65 Å². The van der Waals surface area contributed by atoms with E-state index < -0.39 is 6.17 Å². The monoisotopic (exact) mass is 369 g/mol. The zero-order valence-electron chi connectivity index (χ0n) is 15.3. The fourth-order valence-corrected chi connectivity index (χ4v) is 3.32. The third-order valence-electron chi connectivity index (χ3n) is 5.04. The van der Waals surface area contributed by atoms with E-state index in [1.807, 2.05) is 37.4 Å². The van der Waals surface area contributed by atoms with Gasteiger partial charge in [0.1, 0.15) is 12.0 Å². The molecule has 1 unspecified atom stereocenters. The lowest BCUT2D eigenvalue weighted by molar-refractivity contribution is 0.140. The van der Waals surface area contributed by atoms with E-state index in [4.69, 9.17) is 5.73 Å². The Morgan fingerprint density at radius 1 is 1.22 bits per heavy atom. The van der Waals surface area contributed by atoms with Crippen LogP contribution in [0.25, 0.3) is 11.0 Å². The van der Waals surface area contributed by atoms with Crippen molar-refractivity contribution in [2.45, 2.75) is 25.1 Å². The van der Waals surface area contributed by atoms with E-state index in [2.05, 4.69) is 25.7 Å². The van der Waals surface area contributed by atoms with Crippen LogP contribution in [0, 0.1) is 5.92 Å². The molecule has 27 heavy (non-hydrogen) atoms. The Labute approximate surface area is 157 Å². The van der Waals surface area contributed by atoms with Crippen molar-refractivity contribution in [2.75, 3.05) is 23.7 Å². The molecule has 0 aliphatic heterocycles. The van der Waals surface area contributed by atoms with Gasteiger partial charge in [0.05, 0.1) is 11.6 Å². The molecule has 0 radical (unpaired) electrons. The minimum atomic E-state index is -0.655. The van der Waals surface area contributed by atoms with Crippen molar-refractivity contribution < 1.29 is 4.39 Å².